The van der Waals surface area contributed by atoms with Crippen LogP contribution >= 0.6 is 0 Å². The Hall–Kier alpha value is -1.78. The Bertz CT molecular complexity index is 482. The maximum atomic E-state index is 10.9. The van der Waals surface area contributed by atoms with Gasteiger partial charge in [-0.1, -0.05) is 6.07 Å². The van der Waals surface area contributed by atoms with E-state index in [-0.39, 0.29) is 0 Å². The normalized spacial score (nSPS) is 19.7. The van der Waals surface area contributed by atoms with Gasteiger partial charge < -0.3 is 15.3 Å². The van der Waals surface area contributed by atoms with Crippen LogP contribution in [-0.2, 0) is 6.42 Å². The molecule has 0 saturated carbocycles. The van der Waals surface area contributed by atoms with E-state index in [4.69, 9.17) is 10.1 Å². The molecular formula is C14H19N3O2. The first-order valence-electron chi connectivity index (χ1n) is 6.95. The second-order valence-corrected chi connectivity index (χ2v) is 5.32. The van der Waals surface area contributed by atoms with Crippen LogP contribution in [0.3, 0.4) is 0 Å². The molecule has 1 aromatic heterocycles. The first kappa shape index (κ1) is 12.3. The van der Waals surface area contributed by atoms with E-state index in [9.17, 15) is 4.79 Å². The zero-order valence-electron chi connectivity index (χ0n) is 10.9. The van der Waals surface area contributed by atoms with Crippen molar-refractivity contribution in [2.75, 3.05) is 25.0 Å². The lowest BCUT2D eigenvalue weighted by Gasteiger charge is -2.30. The minimum absolute atomic E-state index is 0.393. The zero-order valence-corrected chi connectivity index (χ0v) is 10.9. The second-order valence-electron chi connectivity index (χ2n) is 5.32. The highest BCUT2D eigenvalue weighted by Crippen LogP contribution is 2.29. The lowest BCUT2D eigenvalue weighted by atomic mass is 9.92. The fourth-order valence-corrected chi connectivity index (χ4v) is 2.94. The van der Waals surface area contributed by atoms with Gasteiger partial charge in [-0.05, 0) is 37.3 Å². The highest BCUT2D eigenvalue weighted by molar-refractivity contribution is 5.65. The molecule has 1 fully saturated rings. The Morgan fingerprint density at radius 2 is 2.16 bits per heavy atom. The molecule has 1 saturated heterocycles. The average Bonchev–Trinajstić information content (AvgIpc) is 2.47. The Balaban J connectivity index is 1.71. The van der Waals surface area contributed by atoms with Crippen LogP contribution in [0.4, 0.5) is 10.6 Å². The first-order valence-corrected chi connectivity index (χ1v) is 6.95. The molecule has 2 aliphatic heterocycles. The number of pyridine rings is 1. The third-order valence-corrected chi connectivity index (χ3v) is 4.10. The van der Waals surface area contributed by atoms with E-state index in [0.29, 0.717) is 19.0 Å². The van der Waals surface area contributed by atoms with Crippen molar-refractivity contribution in [3.8, 4) is 0 Å². The van der Waals surface area contributed by atoms with Crippen molar-refractivity contribution in [3.63, 3.8) is 0 Å². The number of amides is 1. The standard InChI is InChI=1S/C14H19N3O2/c18-14(19)17-8-5-10(6-9-17)12-4-3-11-2-1-7-15-13(11)16-12/h3-4,10H,1-2,5-9H2,(H,15,16)(H,18,19). The molecule has 5 nitrogen and oxygen atoms in total. The van der Waals surface area contributed by atoms with E-state index in [1.807, 2.05) is 0 Å². The van der Waals surface area contributed by atoms with Crippen LogP contribution in [0.5, 0.6) is 0 Å². The molecule has 5 heteroatoms. The molecule has 0 aliphatic carbocycles. The number of nitrogens with one attached hydrogen (secondary N) is 1. The Labute approximate surface area is 112 Å². The number of hydrogen-bond donors (Lipinski definition) is 2. The van der Waals surface area contributed by atoms with Gasteiger partial charge in [0.25, 0.3) is 0 Å². The highest BCUT2D eigenvalue weighted by atomic mass is 16.4. The fourth-order valence-electron chi connectivity index (χ4n) is 2.94. The first-order chi connectivity index (χ1) is 9.24. The summed E-state index contributed by atoms with van der Waals surface area (Å²) in [5, 5.41) is 12.3. The van der Waals surface area contributed by atoms with Crippen molar-refractivity contribution in [1.29, 1.82) is 0 Å². The van der Waals surface area contributed by atoms with Gasteiger partial charge in [0.2, 0.25) is 0 Å². The van der Waals surface area contributed by atoms with Gasteiger partial charge in [0.05, 0.1) is 0 Å². The molecule has 0 atom stereocenters. The number of nitrogens with zero attached hydrogens (tertiary/aromatic N) is 2. The van der Waals surface area contributed by atoms with Crippen LogP contribution in [0.1, 0.15) is 36.4 Å². The highest BCUT2D eigenvalue weighted by Gasteiger charge is 2.24. The summed E-state index contributed by atoms with van der Waals surface area (Å²) >= 11 is 0. The number of rotatable bonds is 1. The predicted octanol–water partition coefficient (Wildman–Crippen LogP) is 2.30. The number of fused-ring (bicyclic) bond motifs is 1. The topological polar surface area (TPSA) is 65.5 Å². The quantitative estimate of drug-likeness (QED) is 0.814. The summed E-state index contributed by atoms with van der Waals surface area (Å²) in [7, 11) is 0. The number of hydrogen-bond acceptors (Lipinski definition) is 3. The fraction of sp³-hybridized carbons (Fsp3) is 0.571. The van der Waals surface area contributed by atoms with Gasteiger partial charge in [-0.15, -0.1) is 0 Å². The summed E-state index contributed by atoms with van der Waals surface area (Å²) in [5.41, 5.74) is 2.41. The molecule has 0 radical (unpaired) electrons. The minimum atomic E-state index is -0.807. The van der Waals surface area contributed by atoms with Crippen molar-refractivity contribution < 1.29 is 9.90 Å². The number of aromatic nitrogens is 1. The summed E-state index contributed by atoms with van der Waals surface area (Å²) in [6.07, 6.45) is 3.22. The molecule has 0 unspecified atom stereocenters. The molecule has 2 aliphatic rings. The van der Waals surface area contributed by atoms with Gasteiger partial charge in [-0.2, -0.15) is 0 Å². The third kappa shape index (κ3) is 2.50. The van der Waals surface area contributed by atoms with Gasteiger partial charge in [0.15, 0.2) is 0 Å². The van der Waals surface area contributed by atoms with Crippen LogP contribution in [-0.4, -0.2) is 40.7 Å². The van der Waals surface area contributed by atoms with E-state index in [1.54, 1.807) is 0 Å². The van der Waals surface area contributed by atoms with Crippen molar-refractivity contribution in [2.45, 2.75) is 31.6 Å². The molecule has 0 aromatic carbocycles. The van der Waals surface area contributed by atoms with Gasteiger partial charge in [0, 0.05) is 31.2 Å². The molecule has 3 heterocycles. The molecule has 102 valence electrons. The van der Waals surface area contributed by atoms with Crippen LogP contribution in [0.25, 0.3) is 0 Å². The van der Waals surface area contributed by atoms with Crippen molar-refractivity contribution in [3.05, 3.63) is 23.4 Å². The SMILES string of the molecule is O=C(O)N1CCC(c2ccc3c(n2)NCCC3)CC1. The molecule has 3 rings (SSSR count). The second kappa shape index (κ2) is 5.07. The van der Waals surface area contributed by atoms with Crippen LogP contribution in [0.15, 0.2) is 12.1 Å². The summed E-state index contributed by atoms with van der Waals surface area (Å²) in [4.78, 5) is 17.1. The van der Waals surface area contributed by atoms with Crippen molar-refractivity contribution >= 4 is 11.9 Å². The number of anilines is 1. The van der Waals surface area contributed by atoms with Gasteiger partial charge in [-0.25, -0.2) is 9.78 Å². The number of piperidine rings is 1. The van der Waals surface area contributed by atoms with Crippen LogP contribution in [0.2, 0.25) is 0 Å². The Morgan fingerprint density at radius 3 is 2.89 bits per heavy atom. The van der Waals surface area contributed by atoms with Crippen molar-refractivity contribution in [2.24, 2.45) is 0 Å². The molecule has 0 bridgehead atoms. The van der Waals surface area contributed by atoms with E-state index in [2.05, 4.69) is 17.4 Å². The molecular weight excluding hydrogens is 242 g/mol. The zero-order chi connectivity index (χ0) is 13.2. The lowest BCUT2D eigenvalue weighted by molar-refractivity contribution is 0.131. The van der Waals surface area contributed by atoms with Crippen LogP contribution in [0, 0.1) is 0 Å². The van der Waals surface area contributed by atoms with Gasteiger partial charge >= 0.3 is 6.09 Å². The maximum Gasteiger partial charge on any atom is 0.407 e. The van der Waals surface area contributed by atoms with E-state index in [1.165, 1.54) is 16.9 Å². The third-order valence-electron chi connectivity index (χ3n) is 4.10. The number of aryl methyl sites for hydroxylation is 1. The summed E-state index contributed by atoms with van der Waals surface area (Å²) in [5.74, 6) is 1.43. The molecule has 1 aromatic rings. The molecule has 1 amide bonds. The smallest absolute Gasteiger partial charge is 0.407 e. The van der Waals surface area contributed by atoms with E-state index < -0.39 is 6.09 Å². The monoisotopic (exact) mass is 261 g/mol. The minimum Gasteiger partial charge on any atom is -0.465 e. The van der Waals surface area contributed by atoms with Gasteiger partial charge in [0.1, 0.15) is 5.82 Å². The van der Waals surface area contributed by atoms with Crippen LogP contribution < -0.4 is 5.32 Å². The predicted molar refractivity (Wildman–Crippen MR) is 72.6 cm³/mol. The average molecular weight is 261 g/mol. The maximum absolute atomic E-state index is 10.9. The van der Waals surface area contributed by atoms with Crippen molar-refractivity contribution in [1.82, 2.24) is 9.88 Å². The Morgan fingerprint density at radius 1 is 1.37 bits per heavy atom. The molecule has 19 heavy (non-hydrogen) atoms. The number of likely N-dealkylation sites (tertiary alicyclic amines) is 1. The largest absolute Gasteiger partial charge is 0.465 e. The number of carbonyl (C=O) groups is 1. The number of carboxylic acid groups (broad SMARTS) is 1. The summed E-state index contributed by atoms with van der Waals surface area (Å²) in [6, 6.07) is 4.29. The molecule has 2 N–H and O–H groups in total. The van der Waals surface area contributed by atoms with Gasteiger partial charge in [-0.3, -0.25) is 0 Å². The lowest BCUT2D eigenvalue weighted by Crippen LogP contribution is -2.37. The summed E-state index contributed by atoms with van der Waals surface area (Å²) in [6.45, 7) is 2.24. The van der Waals surface area contributed by atoms with E-state index >= 15 is 0 Å². The van der Waals surface area contributed by atoms with E-state index in [0.717, 1.165) is 37.3 Å². The summed E-state index contributed by atoms with van der Waals surface area (Å²) < 4.78 is 0. The Kier molecular flexibility index (Phi) is 3.27. The molecule has 0 spiro atoms.